The first-order valence-corrected chi connectivity index (χ1v) is 31.7. The maximum atomic E-state index is 12.8. The highest BCUT2D eigenvalue weighted by Crippen LogP contribution is 2.43. The van der Waals surface area contributed by atoms with Gasteiger partial charge < -0.3 is 18.9 Å². The number of likely N-dealkylation sites (N-methyl/N-ethyl adjacent to an activating group) is 1. The quantitative estimate of drug-likeness (QED) is 0.0211. The molecule has 0 spiro atoms. The van der Waals surface area contributed by atoms with Crippen molar-refractivity contribution < 1.29 is 42.1 Å². The smallest absolute Gasteiger partial charge is 0.462 e. The number of allylic oxidation sites excluding steroid dienone is 6. The highest BCUT2D eigenvalue weighted by Gasteiger charge is 2.27. The summed E-state index contributed by atoms with van der Waals surface area (Å²) in [5.74, 6) is -0.782. The molecule has 418 valence electrons. The molecule has 10 heteroatoms. The minimum Gasteiger partial charge on any atom is -0.462 e. The number of phosphoric acid groups is 1. The molecule has 2 unspecified atom stereocenters. The van der Waals surface area contributed by atoms with Crippen LogP contribution in [0.1, 0.15) is 290 Å². The number of hydrogen-bond acceptors (Lipinski definition) is 7. The number of ether oxygens (including phenoxy) is 2. The van der Waals surface area contributed by atoms with Crippen LogP contribution in [0.5, 0.6) is 0 Å². The van der Waals surface area contributed by atoms with E-state index in [2.05, 4.69) is 50.3 Å². The molecule has 0 heterocycles. The first-order chi connectivity index (χ1) is 34.5. The fraction of sp³-hybridized carbons (Fsp3) is 0.869. The van der Waals surface area contributed by atoms with E-state index in [-0.39, 0.29) is 25.6 Å². The van der Waals surface area contributed by atoms with E-state index in [1.807, 2.05) is 21.1 Å². The van der Waals surface area contributed by atoms with Gasteiger partial charge in [-0.3, -0.25) is 18.6 Å². The molecule has 9 nitrogen and oxygen atoms in total. The SMILES string of the molecule is CCCCCCC/C=C\C/C=C\C/C=C\CCCCCCCCCCCCCCCCCCCCC(=O)OC(COC(=O)CCCCCCCCCCCCCCCC)COP(=O)(O)OCC[N+](C)(C)C. The van der Waals surface area contributed by atoms with Crippen LogP contribution in [0, 0.1) is 0 Å². The summed E-state index contributed by atoms with van der Waals surface area (Å²) >= 11 is 0. The van der Waals surface area contributed by atoms with Crippen molar-refractivity contribution in [3.05, 3.63) is 36.5 Å². The van der Waals surface area contributed by atoms with E-state index < -0.39 is 26.5 Å². The largest absolute Gasteiger partial charge is 0.472 e. The van der Waals surface area contributed by atoms with E-state index in [9.17, 15) is 19.0 Å². The standard InChI is InChI=1S/C61H116NO8P/c1-6-8-10-12-14-16-18-20-22-23-24-25-26-27-28-29-30-31-32-33-34-35-36-37-38-39-40-42-44-46-48-50-52-54-61(64)70-59(58-69-71(65,66)68-56-55-62(3,4)5)57-67-60(63)53-51-49-47-45-43-41-21-19-17-15-13-11-9-7-2/h18,20,23-24,26-27,59H,6-17,19,21-22,25,28-58H2,1-5H3/p+1/b20-18-,24-23-,27-26-. The van der Waals surface area contributed by atoms with E-state index in [4.69, 9.17) is 18.5 Å². The molecule has 71 heavy (non-hydrogen) atoms. The zero-order chi connectivity index (χ0) is 52.0. The van der Waals surface area contributed by atoms with Crippen molar-refractivity contribution in [3.63, 3.8) is 0 Å². The topological polar surface area (TPSA) is 108 Å². The number of hydrogen-bond donors (Lipinski definition) is 1. The van der Waals surface area contributed by atoms with E-state index >= 15 is 0 Å². The number of phosphoric ester groups is 1. The van der Waals surface area contributed by atoms with Crippen LogP contribution in [0.2, 0.25) is 0 Å². The summed E-state index contributed by atoms with van der Waals surface area (Å²) in [5, 5.41) is 0. The molecule has 0 aliphatic carbocycles. The molecule has 0 aromatic rings. The predicted molar refractivity (Wildman–Crippen MR) is 303 cm³/mol. The van der Waals surface area contributed by atoms with Crippen molar-refractivity contribution in [2.75, 3.05) is 47.5 Å². The van der Waals surface area contributed by atoms with Crippen LogP contribution >= 0.6 is 7.82 Å². The van der Waals surface area contributed by atoms with Crippen molar-refractivity contribution in [2.24, 2.45) is 0 Å². The molecule has 0 radical (unpaired) electrons. The number of carbonyl (C=O) groups excluding carboxylic acids is 2. The molecule has 0 aliphatic rings. The molecule has 0 aliphatic heterocycles. The Morgan fingerprint density at radius 1 is 0.437 bits per heavy atom. The van der Waals surface area contributed by atoms with Crippen LogP contribution in [0.4, 0.5) is 0 Å². The molecule has 0 rings (SSSR count). The van der Waals surface area contributed by atoms with Gasteiger partial charge in [0.05, 0.1) is 27.7 Å². The summed E-state index contributed by atoms with van der Waals surface area (Å²) in [4.78, 5) is 35.6. The van der Waals surface area contributed by atoms with E-state index in [0.717, 1.165) is 44.9 Å². The van der Waals surface area contributed by atoms with Gasteiger partial charge in [-0.15, -0.1) is 0 Å². The van der Waals surface area contributed by atoms with Gasteiger partial charge in [-0.05, 0) is 51.4 Å². The molecule has 0 saturated heterocycles. The second kappa shape index (κ2) is 53.1. The Kier molecular flexibility index (Phi) is 51.7. The molecular formula is C61H117NO8P+. The Bertz CT molecular complexity index is 1300. The van der Waals surface area contributed by atoms with Gasteiger partial charge in [-0.1, -0.05) is 262 Å². The van der Waals surface area contributed by atoms with E-state index in [1.165, 1.54) is 212 Å². The normalized spacial score (nSPS) is 13.5. The highest BCUT2D eigenvalue weighted by atomic mass is 31.2. The van der Waals surface area contributed by atoms with Crippen LogP contribution in [0.15, 0.2) is 36.5 Å². The summed E-state index contributed by atoms with van der Waals surface area (Å²) in [6.07, 6.45) is 65.1. The molecule has 0 saturated carbocycles. The van der Waals surface area contributed by atoms with Crippen molar-refractivity contribution in [1.29, 1.82) is 0 Å². The Labute approximate surface area is 440 Å². The highest BCUT2D eigenvalue weighted by molar-refractivity contribution is 7.47. The lowest BCUT2D eigenvalue weighted by atomic mass is 10.0. The first kappa shape index (κ1) is 69.2. The lowest BCUT2D eigenvalue weighted by Gasteiger charge is -2.24. The molecule has 2 atom stereocenters. The summed E-state index contributed by atoms with van der Waals surface area (Å²) in [7, 11) is 1.49. The zero-order valence-electron chi connectivity index (χ0n) is 47.5. The van der Waals surface area contributed by atoms with Gasteiger partial charge >= 0.3 is 19.8 Å². The number of nitrogens with zero attached hydrogens (tertiary/aromatic N) is 1. The molecule has 0 fully saturated rings. The van der Waals surface area contributed by atoms with Gasteiger partial charge in [-0.25, -0.2) is 4.57 Å². The summed E-state index contributed by atoms with van der Waals surface area (Å²) in [6, 6.07) is 0. The first-order valence-electron chi connectivity index (χ1n) is 30.2. The van der Waals surface area contributed by atoms with Gasteiger partial charge in [0.25, 0.3) is 0 Å². The van der Waals surface area contributed by atoms with Crippen molar-refractivity contribution >= 4 is 19.8 Å². The predicted octanol–water partition coefficient (Wildman–Crippen LogP) is 18.8. The summed E-state index contributed by atoms with van der Waals surface area (Å²) in [6.45, 7) is 4.46. The molecule has 0 aromatic heterocycles. The number of quaternary nitrogens is 1. The Hall–Kier alpha value is -1.77. The Morgan fingerprint density at radius 2 is 0.761 bits per heavy atom. The third-order valence-corrected chi connectivity index (χ3v) is 14.4. The van der Waals surface area contributed by atoms with Crippen LogP contribution in [-0.4, -0.2) is 74.9 Å². The minimum atomic E-state index is -4.38. The number of esters is 2. The van der Waals surface area contributed by atoms with E-state index in [0.29, 0.717) is 23.9 Å². The summed E-state index contributed by atoms with van der Waals surface area (Å²) < 4.78 is 34.6. The van der Waals surface area contributed by atoms with Crippen molar-refractivity contribution in [3.8, 4) is 0 Å². The number of rotatable bonds is 56. The lowest BCUT2D eigenvalue weighted by molar-refractivity contribution is -0.870. The number of carbonyl (C=O) groups is 2. The minimum absolute atomic E-state index is 0.0344. The second-order valence-electron chi connectivity index (χ2n) is 21.7. The lowest BCUT2D eigenvalue weighted by Crippen LogP contribution is -2.37. The van der Waals surface area contributed by atoms with Gasteiger partial charge in [-0.2, -0.15) is 0 Å². The van der Waals surface area contributed by atoms with Gasteiger partial charge in [0.1, 0.15) is 19.8 Å². The zero-order valence-corrected chi connectivity index (χ0v) is 48.4. The van der Waals surface area contributed by atoms with Crippen LogP contribution in [0.3, 0.4) is 0 Å². The molecular weight excluding hydrogens is 906 g/mol. The molecule has 1 N–H and O–H groups in total. The second-order valence-corrected chi connectivity index (χ2v) is 23.2. The molecule has 0 bridgehead atoms. The number of unbranched alkanes of at least 4 members (excludes halogenated alkanes) is 36. The summed E-state index contributed by atoms with van der Waals surface area (Å²) in [5.41, 5.74) is 0. The monoisotopic (exact) mass is 1020 g/mol. The fourth-order valence-electron chi connectivity index (χ4n) is 8.73. The average Bonchev–Trinajstić information content (AvgIpc) is 3.33. The maximum absolute atomic E-state index is 12.8. The van der Waals surface area contributed by atoms with Gasteiger partial charge in [0, 0.05) is 12.8 Å². The van der Waals surface area contributed by atoms with Crippen LogP contribution in [0.25, 0.3) is 0 Å². The maximum Gasteiger partial charge on any atom is 0.472 e. The van der Waals surface area contributed by atoms with Gasteiger partial charge in [0.15, 0.2) is 6.10 Å². The Morgan fingerprint density at radius 3 is 1.13 bits per heavy atom. The van der Waals surface area contributed by atoms with Crippen molar-refractivity contribution in [2.45, 2.75) is 296 Å². The molecule has 0 amide bonds. The third-order valence-electron chi connectivity index (χ3n) is 13.4. The fourth-order valence-corrected chi connectivity index (χ4v) is 9.47. The third kappa shape index (κ3) is 57.4. The average molecular weight is 1020 g/mol. The van der Waals surface area contributed by atoms with Crippen molar-refractivity contribution in [1.82, 2.24) is 0 Å². The Balaban J connectivity index is 4.00. The molecule has 0 aromatic carbocycles. The van der Waals surface area contributed by atoms with Crippen LogP contribution < -0.4 is 0 Å². The van der Waals surface area contributed by atoms with Gasteiger partial charge in [0.2, 0.25) is 0 Å². The van der Waals surface area contributed by atoms with Crippen LogP contribution in [-0.2, 0) is 32.7 Å². The van der Waals surface area contributed by atoms with E-state index in [1.54, 1.807) is 0 Å².